The molecule has 0 aromatic carbocycles. The number of hydrogen-bond donors (Lipinski definition) is 2. The van der Waals surface area contributed by atoms with Crippen LogP contribution in [0.4, 0.5) is 0 Å². The molecule has 5 nitrogen and oxygen atoms in total. The van der Waals surface area contributed by atoms with E-state index in [2.05, 4.69) is 5.32 Å². The monoisotopic (exact) mass is 188 g/mol. The molecule has 0 aliphatic carbocycles. The van der Waals surface area contributed by atoms with E-state index < -0.39 is 12.0 Å². The largest absolute Gasteiger partial charge is 0.480 e. The molecule has 5 heteroatoms. The lowest BCUT2D eigenvalue weighted by molar-refractivity contribution is -0.140. The van der Waals surface area contributed by atoms with Crippen molar-refractivity contribution in [2.24, 2.45) is 0 Å². The van der Waals surface area contributed by atoms with E-state index in [0.29, 0.717) is 12.8 Å². The van der Waals surface area contributed by atoms with E-state index in [1.54, 1.807) is 0 Å². The summed E-state index contributed by atoms with van der Waals surface area (Å²) in [6.45, 7) is 0.824. The number of aliphatic carboxylic acids is 1. The van der Waals surface area contributed by atoms with Gasteiger partial charge in [0.2, 0.25) is 6.41 Å². The van der Waals surface area contributed by atoms with E-state index in [1.807, 2.05) is 19.0 Å². The summed E-state index contributed by atoms with van der Waals surface area (Å²) in [4.78, 5) is 22.5. The van der Waals surface area contributed by atoms with Gasteiger partial charge in [0.15, 0.2) is 0 Å². The number of carboxylic acid groups (broad SMARTS) is 1. The van der Waals surface area contributed by atoms with Crippen LogP contribution in [0.5, 0.6) is 0 Å². The van der Waals surface area contributed by atoms with E-state index in [-0.39, 0.29) is 0 Å². The van der Waals surface area contributed by atoms with Gasteiger partial charge in [-0.05, 0) is 33.5 Å². The standard InChI is InChI=1S/C8H16N2O3/c1-10(2)5-3-4-7(8(12)13)9-6-11/h6-7H,3-5H2,1-2H3,(H,9,11)(H,12,13). The highest BCUT2D eigenvalue weighted by Gasteiger charge is 2.14. The minimum atomic E-state index is -0.981. The second kappa shape index (κ2) is 6.42. The first-order chi connectivity index (χ1) is 6.07. The SMILES string of the molecule is CN(C)CCCC(NC=O)C(=O)O. The Morgan fingerprint density at radius 2 is 2.23 bits per heavy atom. The molecule has 1 atom stereocenters. The van der Waals surface area contributed by atoms with Gasteiger partial charge in [0.1, 0.15) is 6.04 Å². The van der Waals surface area contributed by atoms with Gasteiger partial charge in [0, 0.05) is 0 Å². The zero-order valence-electron chi connectivity index (χ0n) is 7.99. The Bertz CT molecular complexity index is 171. The van der Waals surface area contributed by atoms with E-state index >= 15 is 0 Å². The summed E-state index contributed by atoms with van der Waals surface area (Å²) >= 11 is 0. The van der Waals surface area contributed by atoms with Crippen LogP contribution in [-0.2, 0) is 9.59 Å². The van der Waals surface area contributed by atoms with Gasteiger partial charge < -0.3 is 15.3 Å². The molecule has 0 aliphatic rings. The highest BCUT2D eigenvalue weighted by Crippen LogP contribution is 1.97. The molecular formula is C8H16N2O3. The fraction of sp³-hybridized carbons (Fsp3) is 0.750. The van der Waals surface area contributed by atoms with Crippen molar-refractivity contribution < 1.29 is 14.7 Å². The lowest BCUT2D eigenvalue weighted by Gasteiger charge is -2.13. The average molecular weight is 188 g/mol. The van der Waals surface area contributed by atoms with Crippen LogP contribution in [0.2, 0.25) is 0 Å². The highest BCUT2D eigenvalue weighted by molar-refractivity contribution is 5.76. The Kier molecular flexibility index (Phi) is 5.88. The van der Waals surface area contributed by atoms with Gasteiger partial charge >= 0.3 is 5.97 Å². The smallest absolute Gasteiger partial charge is 0.326 e. The third-order valence-corrected chi connectivity index (χ3v) is 1.67. The molecule has 0 aromatic heterocycles. The van der Waals surface area contributed by atoms with E-state index in [9.17, 15) is 9.59 Å². The third kappa shape index (κ3) is 6.10. The molecule has 1 amide bonds. The number of hydrogen-bond acceptors (Lipinski definition) is 3. The lowest BCUT2D eigenvalue weighted by atomic mass is 10.1. The number of nitrogens with one attached hydrogen (secondary N) is 1. The zero-order valence-corrected chi connectivity index (χ0v) is 7.99. The van der Waals surface area contributed by atoms with Crippen molar-refractivity contribution in [3.8, 4) is 0 Å². The Hall–Kier alpha value is -1.10. The molecule has 0 heterocycles. The van der Waals surface area contributed by atoms with E-state index in [1.165, 1.54) is 0 Å². The number of nitrogens with zero attached hydrogens (tertiary/aromatic N) is 1. The minimum Gasteiger partial charge on any atom is -0.480 e. The summed E-state index contributed by atoms with van der Waals surface area (Å²) in [7, 11) is 3.84. The molecule has 0 spiro atoms. The third-order valence-electron chi connectivity index (χ3n) is 1.67. The minimum absolute atomic E-state index is 0.425. The summed E-state index contributed by atoms with van der Waals surface area (Å²) in [5.41, 5.74) is 0. The van der Waals surface area contributed by atoms with Crippen molar-refractivity contribution in [1.29, 1.82) is 0 Å². The van der Waals surface area contributed by atoms with Crippen molar-refractivity contribution in [1.82, 2.24) is 10.2 Å². The molecule has 0 aromatic rings. The maximum atomic E-state index is 10.5. The molecule has 0 radical (unpaired) electrons. The lowest BCUT2D eigenvalue weighted by Crippen LogP contribution is -2.36. The average Bonchev–Trinajstić information content (AvgIpc) is 2.02. The predicted octanol–water partition coefficient (Wildman–Crippen LogP) is -0.473. The first-order valence-electron chi connectivity index (χ1n) is 4.15. The topological polar surface area (TPSA) is 69.6 Å². The van der Waals surface area contributed by atoms with Crippen LogP contribution in [0, 0.1) is 0 Å². The fourth-order valence-electron chi connectivity index (χ4n) is 0.972. The van der Waals surface area contributed by atoms with Crippen LogP contribution >= 0.6 is 0 Å². The Balaban J connectivity index is 3.69. The van der Waals surface area contributed by atoms with E-state index in [0.717, 1.165) is 13.0 Å². The molecule has 1 unspecified atom stereocenters. The summed E-state index contributed by atoms with van der Waals surface area (Å²) < 4.78 is 0. The molecule has 13 heavy (non-hydrogen) atoms. The Labute approximate surface area is 77.7 Å². The zero-order chi connectivity index (χ0) is 10.3. The quantitative estimate of drug-likeness (QED) is 0.530. The number of carbonyl (C=O) groups is 2. The molecule has 0 saturated carbocycles. The Morgan fingerprint density at radius 1 is 1.62 bits per heavy atom. The molecule has 0 fully saturated rings. The molecular weight excluding hydrogens is 172 g/mol. The van der Waals surface area contributed by atoms with Crippen LogP contribution in [0.25, 0.3) is 0 Å². The maximum Gasteiger partial charge on any atom is 0.326 e. The molecule has 0 rings (SSSR count). The van der Waals surface area contributed by atoms with Gasteiger partial charge in [-0.3, -0.25) is 4.79 Å². The van der Waals surface area contributed by atoms with E-state index in [4.69, 9.17) is 5.11 Å². The summed E-state index contributed by atoms with van der Waals surface area (Å²) in [5.74, 6) is -0.981. The second-order valence-corrected chi connectivity index (χ2v) is 3.12. The van der Waals surface area contributed by atoms with Gasteiger partial charge in [-0.25, -0.2) is 4.79 Å². The van der Waals surface area contributed by atoms with Crippen molar-refractivity contribution in [3.63, 3.8) is 0 Å². The molecule has 0 bridgehead atoms. The van der Waals surface area contributed by atoms with Crippen molar-refractivity contribution in [3.05, 3.63) is 0 Å². The van der Waals surface area contributed by atoms with Crippen LogP contribution in [-0.4, -0.2) is 49.1 Å². The number of rotatable bonds is 7. The molecule has 0 aliphatic heterocycles. The summed E-state index contributed by atoms with van der Waals surface area (Å²) in [6.07, 6.45) is 1.64. The van der Waals surface area contributed by atoms with Gasteiger partial charge in [0.05, 0.1) is 0 Å². The van der Waals surface area contributed by atoms with Crippen LogP contribution in [0.15, 0.2) is 0 Å². The van der Waals surface area contributed by atoms with Crippen molar-refractivity contribution in [2.75, 3.05) is 20.6 Å². The summed E-state index contributed by atoms with van der Waals surface area (Å²) in [6, 6.07) is -0.752. The summed E-state index contributed by atoms with van der Waals surface area (Å²) in [5, 5.41) is 10.9. The van der Waals surface area contributed by atoms with Gasteiger partial charge in [-0.1, -0.05) is 0 Å². The first kappa shape index (κ1) is 11.9. The molecule has 2 N–H and O–H groups in total. The first-order valence-corrected chi connectivity index (χ1v) is 4.15. The van der Waals surface area contributed by atoms with Crippen molar-refractivity contribution in [2.45, 2.75) is 18.9 Å². The van der Waals surface area contributed by atoms with Gasteiger partial charge in [0.25, 0.3) is 0 Å². The maximum absolute atomic E-state index is 10.5. The normalized spacial score (nSPS) is 12.5. The van der Waals surface area contributed by atoms with Crippen LogP contribution < -0.4 is 5.32 Å². The van der Waals surface area contributed by atoms with Crippen LogP contribution in [0.3, 0.4) is 0 Å². The Morgan fingerprint density at radius 3 is 2.62 bits per heavy atom. The number of carboxylic acids is 1. The predicted molar refractivity (Wildman–Crippen MR) is 48.4 cm³/mol. The number of carbonyl (C=O) groups excluding carboxylic acids is 1. The fourth-order valence-corrected chi connectivity index (χ4v) is 0.972. The molecule has 0 saturated heterocycles. The van der Waals surface area contributed by atoms with Crippen LogP contribution in [0.1, 0.15) is 12.8 Å². The van der Waals surface area contributed by atoms with Gasteiger partial charge in [-0.15, -0.1) is 0 Å². The second-order valence-electron chi connectivity index (χ2n) is 3.12. The van der Waals surface area contributed by atoms with Gasteiger partial charge in [-0.2, -0.15) is 0 Å². The molecule has 76 valence electrons. The van der Waals surface area contributed by atoms with Crippen molar-refractivity contribution >= 4 is 12.4 Å². The number of amides is 1. The highest BCUT2D eigenvalue weighted by atomic mass is 16.4.